The smallest absolute Gasteiger partial charge is 0.321 e. The predicted molar refractivity (Wildman–Crippen MR) is 105 cm³/mol. The Morgan fingerprint density at radius 2 is 1.81 bits per heavy atom. The van der Waals surface area contributed by atoms with Gasteiger partial charge in [0.25, 0.3) is 0 Å². The topological polar surface area (TPSA) is 64.7 Å². The number of carbonyl (C=O) groups excluding carboxylic acids is 1. The average molecular weight is 435 g/mol. The van der Waals surface area contributed by atoms with Crippen molar-refractivity contribution in [1.29, 1.82) is 0 Å². The summed E-state index contributed by atoms with van der Waals surface area (Å²) < 4.78 is 55.1. The molecule has 6 nitrogen and oxygen atoms in total. The van der Waals surface area contributed by atoms with Crippen LogP contribution in [0, 0.1) is 19.7 Å². The van der Waals surface area contributed by atoms with Gasteiger partial charge in [0.05, 0.1) is 23.6 Å². The molecule has 1 saturated carbocycles. The molecule has 4 rings (SSSR count). The fourth-order valence-electron chi connectivity index (χ4n) is 3.51. The van der Waals surface area contributed by atoms with Crippen LogP contribution in [0.4, 0.5) is 23.2 Å². The lowest BCUT2D eigenvalue weighted by atomic mass is 10.2. The van der Waals surface area contributed by atoms with Gasteiger partial charge in [0.15, 0.2) is 5.69 Å². The van der Waals surface area contributed by atoms with Crippen molar-refractivity contribution < 1.29 is 22.4 Å². The second-order valence-corrected chi connectivity index (χ2v) is 7.76. The van der Waals surface area contributed by atoms with E-state index >= 15 is 0 Å². The van der Waals surface area contributed by atoms with Crippen molar-refractivity contribution in [3.8, 4) is 0 Å². The summed E-state index contributed by atoms with van der Waals surface area (Å²) >= 11 is 0. The van der Waals surface area contributed by atoms with Crippen molar-refractivity contribution in [1.82, 2.24) is 19.6 Å². The Hall–Kier alpha value is -3.17. The van der Waals surface area contributed by atoms with Crippen molar-refractivity contribution in [2.45, 2.75) is 51.9 Å². The molecule has 1 N–H and O–H groups in total. The number of anilines is 1. The zero-order valence-corrected chi connectivity index (χ0v) is 17.0. The van der Waals surface area contributed by atoms with E-state index in [1.54, 1.807) is 30.7 Å². The quantitative estimate of drug-likeness (QED) is 0.583. The Morgan fingerprint density at radius 1 is 1.13 bits per heavy atom. The molecule has 0 bridgehead atoms. The molecule has 10 heteroatoms. The highest BCUT2D eigenvalue weighted by Gasteiger charge is 2.38. The first kappa shape index (κ1) is 21.1. The van der Waals surface area contributed by atoms with Gasteiger partial charge in [0.2, 0.25) is 5.91 Å². The first-order valence-electron chi connectivity index (χ1n) is 9.85. The molecule has 164 valence electrons. The van der Waals surface area contributed by atoms with Crippen LogP contribution in [0.2, 0.25) is 0 Å². The zero-order valence-electron chi connectivity index (χ0n) is 17.0. The Bertz CT molecular complexity index is 1110. The van der Waals surface area contributed by atoms with Crippen LogP contribution in [0.3, 0.4) is 0 Å². The lowest BCUT2D eigenvalue weighted by Gasteiger charge is -2.09. The highest BCUT2D eigenvalue weighted by Crippen LogP contribution is 2.42. The molecule has 1 aromatic carbocycles. The maximum Gasteiger partial charge on any atom is 0.435 e. The number of aryl methyl sites for hydroxylation is 1. The standard InChI is InChI=1S/C21H21F4N5O/c1-12-20(13(2)29(27-12)10-14-3-7-16(22)8-4-14)26-19(31)11-30-17(15-5-6-15)9-18(28-30)21(23,24)25/h3-4,7-9,15H,5-6,10-11H2,1-2H3,(H,26,31). The molecule has 31 heavy (non-hydrogen) atoms. The summed E-state index contributed by atoms with van der Waals surface area (Å²) in [5, 5.41) is 10.8. The van der Waals surface area contributed by atoms with Crippen molar-refractivity contribution in [2.24, 2.45) is 0 Å². The number of nitrogens with one attached hydrogen (secondary N) is 1. The molecule has 0 saturated heterocycles. The molecule has 3 aromatic rings. The number of rotatable bonds is 6. The van der Waals surface area contributed by atoms with E-state index in [1.807, 2.05) is 0 Å². The van der Waals surface area contributed by atoms with Gasteiger partial charge in [0, 0.05) is 11.6 Å². The van der Waals surface area contributed by atoms with E-state index in [1.165, 1.54) is 12.1 Å². The molecule has 1 aliphatic rings. The van der Waals surface area contributed by atoms with Crippen LogP contribution >= 0.6 is 0 Å². The van der Waals surface area contributed by atoms with Gasteiger partial charge in [0.1, 0.15) is 12.4 Å². The van der Waals surface area contributed by atoms with Crippen LogP contribution in [0.1, 0.15) is 47.1 Å². The monoisotopic (exact) mass is 435 g/mol. The van der Waals surface area contributed by atoms with Crippen molar-refractivity contribution in [3.05, 3.63) is 64.5 Å². The molecule has 2 aromatic heterocycles. The normalized spacial score (nSPS) is 14.1. The van der Waals surface area contributed by atoms with Gasteiger partial charge in [-0.3, -0.25) is 14.2 Å². The van der Waals surface area contributed by atoms with Crippen LogP contribution < -0.4 is 5.32 Å². The third kappa shape index (κ3) is 4.62. The molecule has 1 fully saturated rings. The molecule has 2 heterocycles. The Balaban J connectivity index is 1.50. The second-order valence-electron chi connectivity index (χ2n) is 7.76. The summed E-state index contributed by atoms with van der Waals surface area (Å²) in [5.41, 5.74) is 2.06. The first-order chi connectivity index (χ1) is 14.6. The molecule has 1 aliphatic carbocycles. The van der Waals surface area contributed by atoms with Gasteiger partial charge in [-0.05, 0) is 50.5 Å². The number of nitrogens with zero attached hydrogens (tertiary/aromatic N) is 4. The van der Waals surface area contributed by atoms with E-state index in [2.05, 4.69) is 15.5 Å². The third-order valence-corrected chi connectivity index (χ3v) is 5.28. The van der Waals surface area contributed by atoms with Crippen molar-refractivity contribution >= 4 is 11.6 Å². The number of amides is 1. The van der Waals surface area contributed by atoms with Gasteiger partial charge >= 0.3 is 6.18 Å². The Morgan fingerprint density at radius 3 is 2.42 bits per heavy atom. The summed E-state index contributed by atoms with van der Waals surface area (Å²) in [6.07, 6.45) is -2.97. The van der Waals surface area contributed by atoms with Crippen molar-refractivity contribution in [2.75, 3.05) is 5.32 Å². The van der Waals surface area contributed by atoms with E-state index < -0.39 is 17.8 Å². The zero-order chi connectivity index (χ0) is 22.3. The van der Waals surface area contributed by atoms with E-state index in [0.29, 0.717) is 29.3 Å². The summed E-state index contributed by atoms with van der Waals surface area (Å²) in [6, 6.07) is 7.06. The Labute approximate surface area is 175 Å². The van der Waals surface area contributed by atoms with Gasteiger partial charge in [-0.2, -0.15) is 23.4 Å². The average Bonchev–Trinajstić information content (AvgIpc) is 3.40. The SMILES string of the molecule is Cc1nn(Cc2ccc(F)cc2)c(C)c1NC(=O)Cn1nc(C(F)(F)F)cc1C1CC1. The van der Waals surface area contributed by atoms with E-state index in [0.717, 1.165) is 29.2 Å². The minimum atomic E-state index is -4.56. The molecule has 0 spiro atoms. The minimum absolute atomic E-state index is 0.0123. The van der Waals surface area contributed by atoms with Crippen LogP contribution in [0.15, 0.2) is 30.3 Å². The minimum Gasteiger partial charge on any atom is -0.321 e. The molecule has 1 amide bonds. The number of aromatic nitrogens is 4. The van der Waals surface area contributed by atoms with Gasteiger partial charge in [-0.15, -0.1) is 0 Å². The number of hydrogen-bond acceptors (Lipinski definition) is 3. The maximum absolute atomic E-state index is 13.1. The van der Waals surface area contributed by atoms with Crippen LogP contribution in [-0.2, 0) is 24.1 Å². The molecule has 0 unspecified atom stereocenters. The number of benzene rings is 1. The van der Waals surface area contributed by atoms with E-state index in [4.69, 9.17) is 0 Å². The van der Waals surface area contributed by atoms with Gasteiger partial charge < -0.3 is 5.32 Å². The summed E-state index contributed by atoms with van der Waals surface area (Å²) in [6.45, 7) is 3.59. The lowest BCUT2D eigenvalue weighted by Crippen LogP contribution is -2.22. The third-order valence-electron chi connectivity index (χ3n) is 5.28. The molecular formula is C21H21F4N5O. The summed E-state index contributed by atoms with van der Waals surface area (Å²) in [5.74, 6) is -0.799. The van der Waals surface area contributed by atoms with Crippen LogP contribution in [0.25, 0.3) is 0 Å². The maximum atomic E-state index is 13.1. The van der Waals surface area contributed by atoms with E-state index in [-0.39, 0.29) is 18.3 Å². The van der Waals surface area contributed by atoms with E-state index in [9.17, 15) is 22.4 Å². The largest absolute Gasteiger partial charge is 0.435 e. The highest BCUT2D eigenvalue weighted by atomic mass is 19.4. The number of hydrogen-bond donors (Lipinski definition) is 1. The molecule has 0 radical (unpaired) electrons. The van der Waals surface area contributed by atoms with Gasteiger partial charge in [-0.25, -0.2) is 4.39 Å². The predicted octanol–water partition coefficient (Wildman–Crippen LogP) is 4.42. The second kappa shape index (κ2) is 7.82. The van der Waals surface area contributed by atoms with Crippen LogP contribution in [-0.4, -0.2) is 25.5 Å². The summed E-state index contributed by atoms with van der Waals surface area (Å²) in [4.78, 5) is 12.6. The van der Waals surface area contributed by atoms with Crippen LogP contribution in [0.5, 0.6) is 0 Å². The summed E-state index contributed by atoms with van der Waals surface area (Å²) in [7, 11) is 0. The molecular weight excluding hydrogens is 414 g/mol. The number of alkyl halides is 3. The lowest BCUT2D eigenvalue weighted by molar-refractivity contribution is -0.141. The fraction of sp³-hybridized carbons (Fsp3) is 0.381. The molecule has 0 atom stereocenters. The number of halogens is 4. The molecule has 0 aliphatic heterocycles. The highest BCUT2D eigenvalue weighted by molar-refractivity contribution is 5.91. The fourth-order valence-corrected chi connectivity index (χ4v) is 3.51. The van der Waals surface area contributed by atoms with Crippen molar-refractivity contribution in [3.63, 3.8) is 0 Å². The van der Waals surface area contributed by atoms with Gasteiger partial charge in [-0.1, -0.05) is 12.1 Å². The first-order valence-corrected chi connectivity index (χ1v) is 9.85. The number of carbonyl (C=O) groups is 1. The Kier molecular flexibility index (Phi) is 5.32.